The molecule has 2 aromatic carbocycles. The molecule has 0 saturated heterocycles. The first kappa shape index (κ1) is 20.1. The van der Waals surface area contributed by atoms with Gasteiger partial charge in [-0.15, -0.1) is 10.2 Å². The average molecular weight is 423 g/mol. The maximum absolute atomic E-state index is 11.9. The minimum atomic E-state index is -0.424. The van der Waals surface area contributed by atoms with Gasteiger partial charge in [-0.25, -0.2) is 0 Å². The van der Waals surface area contributed by atoms with Crippen LogP contribution in [-0.4, -0.2) is 37.4 Å². The molecule has 1 amide bonds. The van der Waals surface area contributed by atoms with Crippen molar-refractivity contribution in [2.24, 2.45) is 0 Å². The molecule has 0 aliphatic heterocycles. The lowest BCUT2D eigenvalue weighted by atomic mass is 10.2. The highest BCUT2D eigenvalue weighted by Gasteiger charge is 2.23. The number of thioether (sulfide) groups is 1. The number of carbonyl (C=O) groups is 1. The van der Waals surface area contributed by atoms with E-state index in [0.29, 0.717) is 18.3 Å². The van der Waals surface area contributed by atoms with Gasteiger partial charge >= 0.3 is 0 Å². The van der Waals surface area contributed by atoms with Gasteiger partial charge in [0.05, 0.1) is 4.92 Å². The SMILES string of the molecule is O=C(CCCSc1nnc(-c2ccc([N+](=O)[O-])cc2)n1-c1ccccc1)NC1CC1. The van der Waals surface area contributed by atoms with Crippen LogP contribution >= 0.6 is 11.8 Å². The fourth-order valence-electron chi connectivity index (χ4n) is 3.02. The number of nitrogens with one attached hydrogen (secondary N) is 1. The zero-order chi connectivity index (χ0) is 20.9. The number of non-ortho nitro benzene ring substituents is 1. The van der Waals surface area contributed by atoms with Crippen LogP contribution in [0.2, 0.25) is 0 Å². The molecule has 0 bridgehead atoms. The summed E-state index contributed by atoms with van der Waals surface area (Å²) in [6.45, 7) is 0. The number of hydrogen-bond donors (Lipinski definition) is 1. The smallest absolute Gasteiger partial charge is 0.269 e. The van der Waals surface area contributed by atoms with Gasteiger partial charge in [0.25, 0.3) is 5.69 Å². The van der Waals surface area contributed by atoms with Crippen LogP contribution in [0, 0.1) is 10.1 Å². The van der Waals surface area contributed by atoms with Crippen LogP contribution in [0.15, 0.2) is 59.8 Å². The molecule has 1 heterocycles. The highest BCUT2D eigenvalue weighted by molar-refractivity contribution is 7.99. The predicted molar refractivity (Wildman–Crippen MR) is 115 cm³/mol. The molecular weight excluding hydrogens is 402 g/mol. The molecule has 0 atom stereocenters. The number of rotatable bonds is 9. The number of carbonyl (C=O) groups excluding carboxylic acids is 1. The number of benzene rings is 2. The average Bonchev–Trinajstić information content (AvgIpc) is 3.47. The van der Waals surface area contributed by atoms with Crippen LogP contribution in [0.3, 0.4) is 0 Å². The van der Waals surface area contributed by atoms with E-state index in [2.05, 4.69) is 15.5 Å². The Labute approximate surface area is 177 Å². The lowest BCUT2D eigenvalue weighted by molar-refractivity contribution is -0.384. The van der Waals surface area contributed by atoms with Gasteiger partial charge in [0.1, 0.15) is 0 Å². The van der Waals surface area contributed by atoms with Crippen molar-refractivity contribution in [3.8, 4) is 17.1 Å². The molecule has 1 saturated carbocycles. The van der Waals surface area contributed by atoms with Crippen molar-refractivity contribution in [2.45, 2.75) is 36.9 Å². The molecular formula is C21H21N5O3S. The van der Waals surface area contributed by atoms with Gasteiger partial charge in [0.2, 0.25) is 5.91 Å². The Morgan fingerprint density at radius 1 is 1.13 bits per heavy atom. The summed E-state index contributed by atoms with van der Waals surface area (Å²) >= 11 is 1.54. The molecule has 0 unspecified atom stereocenters. The fraction of sp³-hybridized carbons (Fsp3) is 0.286. The highest BCUT2D eigenvalue weighted by Crippen LogP contribution is 2.29. The summed E-state index contributed by atoms with van der Waals surface area (Å²) in [6.07, 6.45) is 3.42. The summed E-state index contributed by atoms with van der Waals surface area (Å²) in [5, 5.41) is 23.3. The lowest BCUT2D eigenvalue weighted by Gasteiger charge is -2.10. The normalized spacial score (nSPS) is 13.2. The first-order chi connectivity index (χ1) is 14.6. The first-order valence-electron chi connectivity index (χ1n) is 9.79. The highest BCUT2D eigenvalue weighted by atomic mass is 32.2. The molecule has 1 aromatic heterocycles. The van der Waals surface area contributed by atoms with Crippen molar-refractivity contribution in [2.75, 3.05) is 5.75 Å². The van der Waals surface area contributed by atoms with Crippen molar-refractivity contribution < 1.29 is 9.72 Å². The number of para-hydroxylation sites is 1. The zero-order valence-electron chi connectivity index (χ0n) is 16.2. The van der Waals surface area contributed by atoms with Crippen LogP contribution in [0.1, 0.15) is 25.7 Å². The summed E-state index contributed by atoms with van der Waals surface area (Å²) in [4.78, 5) is 22.4. The van der Waals surface area contributed by atoms with Gasteiger partial charge in [0.15, 0.2) is 11.0 Å². The number of aromatic nitrogens is 3. The van der Waals surface area contributed by atoms with Crippen LogP contribution in [0.5, 0.6) is 0 Å². The summed E-state index contributed by atoms with van der Waals surface area (Å²) < 4.78 is 1.94. The Hall–Kier alpha value is -3.20. The summed E-state index contributed by atoms with van der Waals surface area (Å²) in [5.74, 6) is 1.46. The van der Waals surface area contributed by atoms with E-state index in [4.69, 9.17) is 0 Å². The second kappa shape index (κ2) is 9.08. The summed E-state index contributed by atoms with van der Waals surface area (Å²) in [5.41, 5.74) is 1.68. The number of amides is 1. The maximum atomic E-state index is 11.9. The molecule has 3 aromatic rings. The standard InChI is InChI=1S/C21H21N5O3S/c27-19(22-16-10-11-16)7-4-14-30-21-24-23-20(25(21)17-5-2-1-3-6-17)15-8-12-18(13-9-15)26(28)29/h1-3,5-6,8-9,12-13,16H,4,7,10-11,14H2,(H,22,27). The number of nitrogens with zero attached hydrogens (tertiary/aromatic N) is 4. The Balaban J connectivity index is 1.51. The number of nitro benzene ring substituents is 1. The largest absolute Gasteiger partial charge is 0.353 e. The van der Waals surface area contributed by atoms with Gasteiger partial charge < -0.3 is 5.32 Å². The van der Waals surface area contributed by atoms with E-state index in [-0.39, 0.29) is 11.6 Å². The molecule has 9 heteroatoms. The first-order valence-corrected chi connectivity index (χ1v) is 10.8. The summed E-state index contributed by atoms with van der Waals surface area (Å²) in [7, 11) is 0. The molecule has 1 fully saturated rings. The molecule has 4 rings (SSSR count). The Morgan fingerprint density at radius 2 is 1.87 bits per heavy atom. The maximum Gasteiger partial charge on any atom is 0.269 e. The van der Waals surface area contributed by atoms with Crippen molar-refractivity contribution in [1.82, 2.24) is 20.1 Å². The van der Waals surface area contributed by atoms with Gasteiger partial charge in [-0.3, -0.25) is 19.5 Å². The molecule has 1 N–H and O–H groups in total. The van der Waals surface area contributed by atoms with E-state index in [1.54, 1.807) is 23.9 Å². The quantitative estimate of drug-likeness (QED) is 0.242. The fourth-order valence-corrected chi connectivity index (χ4v) is 3.91. The summed E-state index contributed by atoms with van der Waals surface area (Å²) in [6, 6.07) is 16.4. The third kappa shape index (κ3) is 4.85. The van der Waals surface area contributed by atoms with Gasteiger partial charge in [-0.05, 0) is 43.5 Å². The van der Waals surface area contributed by atoms with Crippen molar-refractivity contribution in [1.29, 1.82) is 0 Å². The third-order valence-electron chi connectivity index (χ3n) is 4.71. The second-order valence-electron chi connectivity index (χ2n) is 7.07. The van der Waals surface area contributed by atoms with Gasteiger partial charge in [-0.1, -0.05) is 30.0 Å². The minimum absolute atomic E-state index is 0.0311. The molecule has 1 aliphatic carbocycles. The lowest BCUT2D eigenvalue weighted by Crippen LogP contribution is -2.25. The molecule has 0 radical (unpaired) electrons. The Kier molecular flexibility index (Phi) is 6.08. The zero-order valence-corrected chi connectivity index (χ0v) is 17.0. The van der Waals surface area contributed by atoms with E-state index in [9.17, 15) is 14.9 Å². The molecule has 1 aliphatic rings. The van der Waals surface area contributed by atoms with Crippen LogP contribution < -0.4 is 5.32 Å². The van der Waals surface area contributed by atoms with Crippen LogP contribution in [0.4, 0.5) is 5.69 Å². The Bertz CT molecular complexity index is 1030. The monoisotopic (exact) mass is 423 g/mol. The van der Waals surface area contributed by atoms with Crippen molar-refractivity contribution in [3.63, 3.8) is 0 Å². The topological polar surface area (TPSA) is 103 Å². The van der Waals surface area contributed by atoms with E-state index in [1.165, 1.54) is 12.1 Å². The van der Waals surface area contributed by atoms with E-state index >= 15 is 0 Å². The van der Waals surface area contributed by atoms with Crippen LogP contribution in [0.25, 0.3) is 17.1 Å². The second-order valence-corrected chi connectivity index (χ2v) is 8.14. The van der Waals surface area contributed by atoms with Crippen molar-refractivity contribution in [3.05, 3.63) is 64.7 Å². The molecule has 30 heavy (non-hydrogen) atoms. The van der Waals surface area contributed by atoms with E-state index in [0.717, 1.165) is 41.4 Å². The minimum Gasteiger partial charge on any atom is -0.353 e. The van der Waals surface area contributed by atoms with E-state index < -0.39 is 4.92 Å². The third-order valence-corrected chi connectivity index (χ3v) is 5.72. The Morgan fingerprint density at radius 3 is 2.53 bits per heavy atom. The van der Waals surface area contributed by atoms with Gasteiger partial charge in [0, 0.05) is 41.6 Å². The predicted octanol–water partition coefficient (Wildman–Crippen LogP) is 3.99. The number of nitro groups is 1. The van der Waals surface area contributed by atoms with Crippen LogP contribution in [-0.2, 0) is 4.79 Å². The van der Waals surface area contributed by atoms with E-state index in [1.807, 2.05) is 34.9 Å². The molecule has 8 nitrogen and oxygen atoms in total. The van der Waals surface area contributed by atoms with Crippen molar-refractivity contribution >= 4 is 23.4 Å². The molecule has 0 spiro atoms. The van der Waals surface area contributed by atoms with Gasteiger partial charge in [-0.2, -0.15) is 0 Å². The number of hydrogen-bond acceptors (Lipinski definition) is 6. The molecule has 154 valence electrons.